The average Bonchev–Trinajstić information content (AvgIpc) is 2.99. The fraction of sp³-hybridized carbons (Fsp3) is 0.800. The highest BCUT2D eigenvalue weighted by Crippen LogP contribution is 2.12. The van der Waals surface area contributed by atoms with E-state index in [1.165, 1.54) is 25.1 Å². The van der Waals surface area contributed by atoms with Gasteiger partial charge in [0.25, 0.3) is 0 Å². The van der Waals surface area contributed by atoms with E-state index in [-0.39, 0.29) is 0 Å². The Morgan fingerprint density at radius 1 is 1.53 bits per heavy atom. The minimum Gasteiger partial charge on any atom is -0.334 e. The van der Waals surface area contributed by atoms with Crippen LogP contribution >= 0.6 is 0 Å². The SMILES string of the molecule is CCn1cncc1CN(CC(C)C)CC1CCCN1. The molecule has 0 saturated carbocycles. The average molecular weight is 264 g/mol. The molecular formula is C15H28N4. The maximum Gasteiger partial charge on any atom is 0.0948 e. The number of aryl methyl sites for hydroxylation is 1. The predicted octanol–water partition coefficient (Wildman–Crippen LogP) is 2.11. The molecule has 0 aliphatic carbocycles. The van der Waals surface area contributed by atoms with Gasteiger partial charge in [-0.25, -0.2) is 4.98 Å². The molecular weight excluding hydrogens is 236 g/mol. The van der Waals surface area contributed by atoms with Crippen LogP contribution in [-0.4, -0.2) is 40.1 Å². The summed E-state index contributed by atoms with van der Waals surface area (Å²) in [4.78, 5) is 6.86. The zero-order valence-electron chi connectivity index (χ0n) is 12.6. The second-order valence-corrected chi connectivity index (χ2v) is 6.05. The van der Waals surface area contributed by atoms with Gasteiger partial charge in [0.1, 0.15) is 0 Å². The quantitative estimate of drug-likeness (QED) is 0.819. The van der Waals surface area contributed by atoms with Gasteiger partial charge in [0.05, 0.1) is 12.0 Å². The molecule has 1 aliphatic rings. The second-order valence-electron chi connectivity index (χ2n) is 6.05. The molecule has 0 aromatic carbocycles. The molecule has 1 saturated heterocycles. The third-order valence-corrected chi connectivity index (χ3v) is 3.79. The summed E-state index contributed by atoms with van der Waals surface area (Å²) in [6.45, 7) is 12.3. The topological polar surface area (TPSA) is 33.1 Å². The molecule has 0 bridgehead atoms. The van der Waals surface area contributed by atoms with Gasteiger partial charge in [-0.3, -0.25) is 4.90 Å². The summed E-state index contributed by atoms with van der Waals surface area (Å²) < 4.78 is 2.25. The zero-order chi connectivity index (χ0) is 13.7. The van der Waals surface area contributed by atoms with E-state index in [4.69, 9.17) is 0 Å². The number of nitrogens with one attached hydrogen (secondary N) is 1. The lowest BCUT2D eigenvalue weighted by Crippen LogP contribution is -2.39. The highest BCUT2D eigenvalue weighted by Gasteiger charge is 2.19. The highest BCUT2D eigenvalue weighted by molar-refractivity contribution is 4.98. The highest BCUT2D eigenvalue weighted by atomic mass is 15.2. The van der Waals surface area contributed by atoms with Gasteiger partial charge in [0.15, 0.2) is 0 Å². The van der Waals surface area contributed by atoms with E-state index in [9.17, 15) is 0 Å². The third kappa shape index (κ3) is 4.32. The summed E-state index contributed by atoms with van der Waals surface area (Å²) in [5.41, 5.74) is 1.33. The van der Waals surface area contributed by atoms with Crippen LogP contribution in [0.3, 0.4) is 0 Å². The summed E-state index contributed by atoms with van der Waals surface area (Å²) >= 11 is 0. The summed E-state index contributed by atoms with van der Waals surface area (Å²) in [6, 6.07) is 0.678. The van der Waals surface area contributed by atoms with Crippen molar-refractivity contribution in [1.82, 2.24) is 19.8 Å². The molecule has 2 heterocycles. The molecule has 1 aromatic heterocycles. The summed E-state index contributed by atoms with van der Waals surface area (Å²) in [5, 5.41) is 3.60. The fourth-order valence-electron chi connectivity index (χ4n) is 2.94. The largest absolute Gasteiger partial charge is 0.334 e. The van der Waals surface area contributed by atoms with Gasteiger partial charge in [0.2, 0.25) is 0 Å². The Balaban J connectivity index is 1.96. The third-order valence-electron chi connectivity index (χ3n) is 3.79. The monoisotopic (exact) mass is 264 g/mol. The van der Waals surface area contributed by atoms with Gasteiger partial charge < -0.3 is 9.88 Å². The minimum absolute atomic E-state index is 0.678. The van der Waals surface area contributed by atoms with Gasteiger partial charge in [-0.05, 0) is 32.2 Å². The fourth-order valence-corrected chi connectivity index (χ4v) is 2.94. The van der Waals surface area contributed by atoms with Crippen LogP contribution in [0.15, 0.2) is 12.5 Å². The van der Waals surface area contributed by atoms with E-state index < -0.39 is 0 Å². The van der Waals surface area contributed by atoms with Gasteiger partial charge in [-0.1, -0.05) is 13.8 Å². The lowest BCUT2D eigenvalue weighted by molar-refractivity contribution is 0.211. The lowest BCUT2D eigenvalue weighted by atomic mass is 10.1. The lowest BCUT2D eigenvalue weighted by Gasteiger charge is -2.27. The van der Waals surface area contributed by atoms with Crippen molar-refractivity contribution >= 4 is 0 Å². The Kier molecular flexibility index (Phi) is 5.40. The Morgan fingerprint density at radius 3 is 3.00 bits per heavy atom. The normalized spacial score (nSPS) is 19.7. The molecule has 1 unspecified atom stereocenters. The van der Waals surface area contributed by atoms with Gasteiger partial charge in [-0.2, -0.15) is 0 Å². The number of hydrogen-bond donors (Lipinski definition) is 1. The van der Waals surface area contributed by atoms with Crippen molar-refractivity contribution in [2.75, 3.05) is 19.6 Å². The van der Waals surface area contributed by atoms with E-state index in [2.05, 4.69) is 40.5 Å². The van der Waals surface area contributed by atoms with Crippen molar-refractivity contribution in [1.29, 1.82) is 0 Å². The smallest absolute Gasteiger partial charge is 0.0948 e. The van der Waals surface area contributed by atoms with Gasteiger partial charge >= 0.3 is 0 Å². The van der Waals surface area contributed by atoms with E-state index >= 15 is 0 Å². The van der Waals surface area contributed by atoms with Crippen molar-refractivity contribution in [3.05, 3.63) is 18.2 Å². The van der Waals surface area contributed by atoms with Crippen LogP contribution in [-0.2, 0) is 13.1 Å². The molecule has 1 aliphatic heterocycles. The van der Waals surface area contributed by atoms with Crippen LogP contribution in [0.5, 0.6) is 0 Å². The summed E-state index contributed by atoms with van der Waals surface area (Å²) in [6.07, 6.45) is 6.60. The van der Waals surface area contributed by atoms with Crippen LogP contribution < -0.4 is 5.32 Å². The summed E-state index contributed by atoms with van der Waals surface area (Å²) in [5.74, 6) is 0.708. The maximum atomic E-state index is 4.28. The Labute approximate surface area is 117 Å². The molecule has 0 amide bonds. The van der Waals surface area contributed by atoms with Crippen LogP contribution in [0.25, 0.3) is 0 Å². The minimum atomic E-state index is 0.678. The first-order valence-electron chi connectivity index (χ1n) is 7.63. The molecule has 1 fully saturated rings. The van der Waals surface area contributed by atoms with Crippen molar-refractivity contribution in [2.45, 2.75) is 52.7 Å². The zero-order valence-corrected chi connectivity index (χ0v) is 12.6. The standard InChI is InChI=1S/C15H28N4/c1-4-19-12-16-8-15(19)11-18(9-13(2)3)10-14-6-5-7-17-14/h8,12-14,17H,4-7,9-11H2,1-3H3. The Bertz CT molecular complexity index is 366. The first-order valence-corrected chi connectivity index (χ1v) is 7.63. The molecule has 19 heavy (non-hydrogen) atoms. The van der Waals surface area contributed by atoms with Crippen LogP contribution in [0.1, 0.15) is 39.3 Å². The van der Waals surface area contributed by atoms with E-state index in [1.807, 2.05) is 12.5 Å². The second kappa shape index (κ2) is 7.06. The first kappa shape index (κ1) is 14.5. The number of aromatic nitrogens is 2. The predicted molar refractivity (Wildman–Crippen MR) is 79.0 cm³/mol. The van der Waals surface area contributed by atoms with E-state index in [1.54, 1.807) is 0 Å². The number of nitrogens with zero attached hydrogens (tertiary/aromatic N) is 3. The first-order chi connectivity index (χ1) is 9.19. The van der Waals surface area contributed by atoms with E-state index in [0.717, 1.165) is 26.2 Å². The number of rotatable bonds is 7. The molecule has 108 valence electrons. The van der Waals surface area contributed by atoms with Crippen molar-refractivity contribution in [3.8, 4) is 0 Å². The molecule has 2 rings (SSSR count). The number of hydrogen-bond acceptors (Lipinski definition) is 3. The molecule has 1 atom stereocenters. The van der Waals surface area contributed by atoms with Gasteiger partial charge in [0, 0.05) is 38.4 Å². The molecule has 1 N–H and O–H groups in total. The van der Waals surface area contributed by atoms with Crippen LogP contribution in [0.4, 0.5) is 0 Å². The Hall–Kier alpha value is -0.870. The molecule has 0 radical (unpaired) electrons. The van der Waals surface area contributed by atoms with Crippen molar-refractivity contribution in [3.63, 3.8) is 0 Å². The summed E-state index contributed by atoms with van der Waals surface area (Å²) in [7, 11) is 0. The van der Waals surface area contributed by atoms with E-state index in [0.29, 0.717) is 12.0 Å². The van der Waals surface area contributed by atoms with Crippen LogP contribution in [0, 0.1) is 5.92 Å². The molecule has 4 nitrogen and oxygen atoms in total. The van der Waals surface area contributed by atoms with Crippen molar-refractivity contribution in [2.24, 2.45) is 5.92 Å². The number of imidazole rings is 1. The van der Waals surface area contributed by atoms with Crippen LogP contribution in [0.2, 0.25) is 0 Å². The molecule has 4 heteroatoms. The van der Waals surface area contributed by atoms with Gasteiger partial charge in [-0.15, -0.1) is 0 Å². The van der Waals surface area contributed by atoms with Crippen molar-refractivity contribution < 1.29 is 0 Å². The maximum absolute atomic E-state index is 4.28. The molecule has 0 spiro atoms. The molecule has 1 aromatic rings. The Morgan fingerprint density at radius 2 is 2.37 bits per heavy atom.